The Labute approximate surface area is 123 Å². The van der Waals surface area contributed by atoms with E-state index in [4.69, 9.17) is 4.98 Å². The maximum Gasteiger partial charge on any atom is 0.113 e. The van der Waals surface area contributed by atoms with Gasteiger partial charge in [0.05, 0.1) is 11.2 Å². The lowest BCUT2D eigenvalue weighted by Gasteiger charge is -2.34. The van der Waals surface area contributed by atoms with Crippen molar-refractivity contribution >= 4 is 11.3 Å². The van der Waals surface area contributed by atoms with Crippen LogP contribution in [0.5, 0.6) is 0 Å². The van der Waals surface area contributed by atoms with E-state index in [9.17, 15) is 0 Å². The molecule has 0 aromatic carbocycles. The summed E-state index contributed by atoms with van der Waals surface area (Å²) in [5.74, 6) is 0. The van der Waals surface area contributed by atoms with E-state index >= 15 is 0 Å². The third-order valence-electron chi connectivity index (χ3n) is 3.53. The van der Waals surface area contributed by atoms with Crippen LogP contribution in [-0.4, -0.2) is 11.0 Å². The van der Waals surface area contributed by atoms with Crippen LogP contribution in [0.1, 0.15) is 78.4 Å². The number of aromatic nitrogens is 1. The van der Waals surface area contributed by atoms with Crippen LogP contribution in [-0.2, 0) is 11.0 Å². The molecule has 0 fully saturated rings. The zero-order valence-corrected chi connectivity index (χ0v) is 14.4. The minimum Gasteiger partial charge on any atom is -0.303 e. The lowest BCUT2D eigenvalue weighted by Crippen LogP contribution is -2.45. The van der Waals surface area contributed by atoms with Gasteiger partial charge in [0.1, 0.15) is 5.01 Å². The second-order valence-corrected chi connectivity index (χ2v) is 7.63. The van der Waals surface area contributed by atoms with E-state index < -0.39 is 0 Å². The molecule has 1 aromatic rings. The molecule has 0 saturated carbocycles. The average molecular weight is 282 g/mol. The van der Waals surface area contributed by atoms with Crippen LogP contribution in [0.2, 0.25) is 0 Å². The lowest BCUT2D eigenvalue weighted by molar-refractivity contribution is 0.268. The molecule has 0 aliphatic heterocycles. The minimum atomic E-state index is 0.0527. The van der Waals surface area contributed by atoms with Crippen LogP contribution in [0.15, 0.2) is 5.38 Å². The van der Waals surface area contributed by atoms with E-state index in [1.165, 1.54) is 17.1 Å². The highest BCUT2D eigenvalue weighted by Gasteiger charge is 2.34. The molecular weight excluding hydrogens is 252 g/mol. The summed E-state index contributed by atoms with van der Waals surface area (Å²) in [7, 11) is 0. The Morgan fingerprint density at radius 1 is 1.26 bits per heavy atom. The van der Waals surface area contributed by atoms with Crippen molar-refractivity contribution in [3.63, 3.8) is 0 Å². The second kappa shape index (κ2) is 6.36. The predicted molar refractivity (Wildman–Crippen MR) is 86.0 cm³/mol. The van der Waals surface area contributed by atoms with E-state index in [0.717, 1.165) is 12.8 Å². The first-order valence-electron chi connectivity index (χ1n) is 7.49. The molecular formula is C16H30N2S. The van der Waals surface area contributed by atoms with Crippen LogP contribution in [0.4, 0.5) is 0 Å². The lowest BCUT2D eigenvalue weighted by atomic mass is 9.89. The van der Waals surface area contributed by atoms with E-state index in [-0.39, 0.29) is 11.0 Å². The zero-order chi connectivity index (χ0) is 14.7. The third kappa shape index (κ3) is 4.03. The van der Waals surface area contributed by atoms with Gasteiger partial charge in [0.25, 0.3) is 0 Å². The molecule has 0 bridgehead atoms. The second-order valence-electron chi connectivity index (χ2n) is 6.77. The highest BCUT2D eigenvalue weighted by Crippen LogP contribution is 2.35. The molecule has 1 rings (SSSR count). The number of nitrogens with one attached hydrogen (secondary N) is 1. The highest BCUT2D eigenvalue weighted by atomic mass is 32.1. The van der Waals surface area contributed by atoms with Gasteiger partial charge in [0, 0.05) is 16.8 Å². The summed E-state index contributed by atoms with van der Waals surface area (Å²) in [5, 5.41) is 7.27. The Morgan fingerprint density at radius 3 is 2.26 bits per heavy atom. The summed E-state index contributed by atoms with van der Waals surface area (Å²) in [5.41, 5.74) is 1.40. The van der Waals surface area contributed by atoms with Gasteiger partial charge in [-0.1, -0.05) is 41.0 Å². The summed E-state index contributed by atoms with van der Waals surface area (Å²) in [6.07, 6.45) is 3.42. The Kier molecular flexibility index (Phi) is 5.57. The number of nitrogens with zero attached hydrogens (tertiary/aromatic N) is 1. The van der Waals surface area contributed by atoms with Crippen molar-refractivity contribution in [2.45, 2.75) is 84.7 Å². The van der Waals surface area contributed by atoms with E-state index in [0.29, 0.717) is 6.04 Å². The number of hydrogen-bond donors (Lipinski definition) is 1. The maximum absolute atomic E-state index is 4.95. The molecule has 1 atom stereocenters. The van der Waals surface area contributed by atoms with Gasteiger partial charge in [-0.25, -0.2) is 4.98 Å². The fourth-order valence-electron chi connectivity index (χ4n) is 2.49. The Morgan fingerprint density at radius 2 is 1.89 bits per heavy atom. The average Bonchev–Trinajstić information content (AvgIpc) is 2.76. The summed E-state index contributed by atoms with van der Waals surface area (Å²) in [4.78, 5) is 4.95. The Balaban J connectivity index is 3.13. The van der Waals surface area contributed by atoms with Gasteiger partial charge in [-0.2, -0.15) is 0 Å². The molecule has 0 radical (unpaired) electrons. The fourth-order valence-corrected chi connectivity index (χ4v) is 3.80. The van der Waals surface area contributed by atoms with Crippen molar-refractivity contribution in [1.29, 1.82) is 0 Å². The SMILES string of the molecule is CCCC(CC)(NC(C)C)c1nc(C(C)(C)C)cs1. The maximum atomic E-state index is 4.95. The summed E-state index contributed by atoms with van der Waals surface area (Å²) < 4.78 is 0. The predicted octanol–water partition coefficient (Wildman–Crippen LogP) is 4.84. The Hall–Kier alpha value is -0.410. The largest absolute Gasteiger partial charge is 0.303 e. The molecule has 0 aliphatic carbocycles. The summed E-state index contributed by atoms with van der Waals surface area (Å²) >= 11 is 1.82. The first-order valence-corrected chi connectivity index (χ1v) is 8.37. The van der Waals surface area contributed by atoms with Crippen molar-refractivity contribution in [3.05, 3.63) is 16.1 Å². The van der Waals surface area contributed by atoms with Crippen molar-refractivity contribution in [1.82, 2.24) is 10.3 Å². The van der Waals surface area contributed by atoms with Crippen LogP contribution in [0.25, 0.3) is 0 Å². The first kappa shape index (κ1) is 16.6. The van der Waals surface area contributed by atoms with Gasteiger partial charge in [-0.05, 0) is 26.7 Å². The fraction of sp³-hybridized carbons (Fsp3) is 0.812. The van der Waals surface area contributed by atoms with E-state index in [1.807, 2.05) is 11.3 Å². The quantitative estimate of drug-likeness (QED) is 0.807. The van der Waals surface area contributed by atoms with E-state index in [2.05, 4.69) is 59.2 Å². The molecule has 0 saturated heterocycles. The van der Waals surface area contributed by atoms with Crippen LogP contribution >= 0.6 is 11.3 Å². The normalized spacial score (nSPS) is 15.8. The number of hydrogen-bond acceptors (Lipinski definition) is 3. The topological polar surface area (TPSA) is 24.9 Å². The summed E-state index contributed by atoms with van der Waals surface area (Å²) in [6.45, 7) is 15.7. The van der Waals surface area contributed by atoms with Crippen molar-refractivity contribution in [2.75, 3.05) is 0 Å². The molecule has 1 heterocycles. The minimum absolute atomic E-state index is 0.0527. The molecule has 110 valence electrons. The first-order chi connectivity index (χ1) is 8.75. The van der Waals surface area contributed by atoms with Gasteiger partial charge >= 0.3 is 0 Å². The van der Waals surface area contributed by atoms with Gasteiger partial charge in [0.2, 0.25) is 0 Å². The standard InChI is InChI=1S/C16H30N2S/c1-8-10-16(9-2,18-12(3)4)14-17-13(11-19-14)15(5,6)7/h11-12,18H,8-10H2,1-7H3. The van der Waals surface area contributed by atoms with Gasteiger partial charge < -0.3 is 5.32 Å². The van der Waals surface area contributed by atoms with Crippen LogP contribution in [0.3, 0.4) is 0 Å². The molecule has 3 heteroatoms. The molecule has 1 aromatic heterocycles. The molecule has 1 N–H and O–H groups in total. The third-order valence-corrected chi connectivity index (χ3v) is 4.57. The van der Waals surface area contributed by atoms with Gasteiger partial charge in [-0.3, -0.25) is 0 Å². The molecule has 0 spiro atoms. The molecule has 0 amide bonds. The zero-order valence-electron chi connectivity index (χ0n) is 13.6. The van der Waals surface area contributed by atoms with Crippen LogP contribution < -0.4 is 5.32 Å². The van der Waals surface area contributed by atoms with Crippen LogP contribution in [0, 0.1) is 0 Å². The Bertz CT molecular complexity index is 390. The molecule has 2 nitrogen and oxygen atoms in total. The number of rotatable bonds is 6. The molecule has 1 unspecified atom stereocenters. The smallest absolute Gasteiger partial charge is 0.113 e. The van der Waals surface area contributed by atoms with E-state index in [1.54, 1.807) is 0 Å². The van der Waals surface area contributed by atoms with Crippen molar-refractivity contribution in [2.24, 2.45) is 0 Å². The number of thiazole rings is 1. The van der Waals surface area contributed by atoms with Gasteiger partial charge in [-0.15, -0.1) is 11.3 Å². The van der Waals surface area contributed by atoms with Gasteiger partial charge in [0.15, 0.2) is 0 Å². The molecule has 19 heavy (non-hydrogen) atoms. The van der Waals surface area contributed by atoms with Crippen molar-refractivity contribution < 1.29 is 0 Å². The van der Waals surface area contributed by atoms with Crippen molar-refractivity contribution in [3.8, 4) is 0 Å². The highest BCUT2D eigenvalue weighted by molar-refractivity contribution is 7.09. The monoisotopic (exact) mass is 282 g/mol. The molecule has 0 aliphatic rings. The summed E-state index contributed by atoms with van der Waals surface area (Å²) in [6, 6.07) is 0.480.